The molecule has 0 spiro atoms. The Labute approximate surface area is 90.8 Å². The average Bonchev–Trinajstić information content (AvgIpc) is 2.16. The molecule has 0 radical (unpaired) electrons. The maximum atomic E-state index is 12.9. The van der Waals surface area contributed by atoms with E-state index in [1.807, 2.05) is 0 Å². The average molecular weight is 273 g/mol. The number of halogens is 3. The molecule has 1 atom stereocenters. The van der Waals surface area contributed by atoms with Crippen molar-refractivity contribution in [3.05, 3.63) is 0 Å². The molecule has 0 amide bonds. The fraction of sp³-hybridized carbons (Fsp3) is 1.00. The number of hydrogen-bond acceptors (Lipinski definition) is 2. The fourth-order valence-electron chi connectivity index (χ4n) is 2.04. The highest BCUT2D eigenvalue weighted by Crippen LogP contribution is 2.42. The minimum Gasteiger partial charge on any atom is -0.383 e. The first-order chi connectivity index (χ1) is 6.42. The van der Waals surface area contributed by atoms with Crippen LogP contribution in [0.4, 0.5) is 8.78 Å². The molecule has 0 heterocycles. The van der Waals surface area contributed by atoms with Crippen molar-refractivity contribution in [2.45, 2.75) is 48.6 Å². The molecule has 0 bridgehead atoms. The minimum atomic E-state index is -3.28. The van der Waals surface area contributed by atoms with E-state index in [2.05, 4.69) is 15.9 Å². The van der Waals surface area contributed by atoms with Crippen LogP contribution >= 0.6 is 15.9 Å². The van der Waals surface area contributed by atoms with Gasteiger partial charge in [0.1, 0.15) is 5.60 Å². The van der Waals surface area contributed by atoms with Gasteiger partial charge in [-0.15, -0.1) is 0 Å². The maximum Gasteiger partial charge on any atom is 0.329 e. The normalized spacial score (nSPS) is 24.6. The number of hydrogen-bond donors (Lipinski definition) is 1. The number of aliphatic hydroxyl groups excluding tert-OH is 1. The van der Waals surface area contributed by atoms with Crippen LogP contribution in [0.1, 0.15) is 32.1 Å². The van der Waals surface area contributed by atoms with Crippen molar-refractivity contribution in [2.24, 2.45) is 0 Å². The van der Waals surface area contributed by atoms with Crippen LogP contribution in [0.2, 0.25) is 0 Å². The van der Waals surface area contributed by atoms with E-state index in [0.29, 0.717) is 12.8 Å². The zero-order chi connectivity index (χ0) is 10.8. The van der Waals surface area contributed by atoms with E-state index in [4.69, 9.17) is 4.74 Å². The van der Waals surface area contributed by atoms with E-state index in [9.17, 15) is 13.9 Å². The Kier molecular flexibility index (Phi) is 3.88. The Balaban J connectivity index is 2.77. The van der Waals surface area contributed by atoms with Crippen LogP contribution in [0, 0.1) is 0 Å². The molecule has 84 valence electrons. The van der Waals surface area contributed by atoms with Crippen molar-refractivity contribution >= 4 is 15.9 Å². The summed E-state index contributed by atoms with van der Waals surface area (Å²) in [4.78, 5) is -3.28. The van der Waals surface area contributed by atoms with Crippen LogP contribution in [0.3, 0.4) is 0 Å². The second-order valence-electron chi connectivity index (χ2n) is 3.77. The first-order valence-corrected chi connectivity index (χ1v) is 5.51. The van der Waals surface area contributed by atoms with E-state index in [-0.39, 0.29) is 0 Å². The Morgan fingerprint density at radius 1 is 1.36 bits per heavy atom. The van der Waals surface area contributed by atoms with E-state index >= 15 is 0 Å². The monoisotopic (exact) mass is 272 g/mol. The standard InChI is InChI=1S/C9H15BrF2O2/c1-14-8(5-3-2-4-6-8)7(13)9(10,11)12/h7,13H,2-6H2,1H3. The molecule has 2 nitrogen and oxygen atoms in total. The number of alkyl halides is 3. The summed E-state index contributed by atoms with van der Waals surface area (Å²) in [5, 5.41) is 9.54. The molecular weight excluding hydrogens is 258 g/mol. The lowest BCUT2D eigenvalue weighted by atomic mass is 9.80. The maximum absolute atomic E-state index is 12.9. The molecule has 1 aliphatic carbocycles. The first-order valence-electron chi connectivity index (χ1n) is 4.72. The molecule has 0 aromatic carbocycles. The highest BCUT2D eigenvalue weighted by atomic mass is 79.9. The Morgan fingerprint density at radius 2 is 1.86 bits per heavy atom. The smallest absolute Gasteiger partial charge is 0.329 e. The van der Waals surface area contributed by atoms with Gasteiger partial charge in [-0.3, -0.25) is 0 Å². The van der Waals surface area contributed by atoms with Crippen molar-refractivity contribution in [3.8, 4) is 0 Å². The van der Waals surface area contributed by atoms with Crippen LogP contribution < -0.4 is 0 Å². The van der Waals surface area contributed by atoms with Crippen molar-refractivity contribution < 1.29 is 18.6 Å². The molecule has 1 unspecified atom stereocenters. The molecule has 0 aliphatic heterocycles. The zero-order valence-electron chi connectivity index (χ0n) is 8.10. The van der Waals surface area contributed by atoms with Gasteiger partial charge < -0.3 is 9.84 Å². The van der Waals surface area contributed by atoms with E-state index in [1.54, 1.807) is 0 Å². The molecule has 0 aromatic heterocycles. The molecule has 14 heavy (non-hydrogen) atoms. The van der Waals surface area contributed by atoms with E-state index in [1.165, 1.54) is 7.11 Å². The lowest BCUT2D eigenvalue weighted by Crippen LogP contribution is -2.52. The topological polar surface area (TPSA) is 29.5 Å². The number of rotatable bonds is 3. The molecule has 0 saturated heterocycles. The first kappa shape index (κ1) is 12.3. The summed E-state index contributed by atoms with van der Waals surface area (Å²) >= 11 is 2.19. The van der Waals surface area contributed by atoms with Gasteiger partial charge in [-0.1, -0.05) is 19.3 Å². The lowest BCUT2D eigenvalue weighted by Gasteiger charge is -2.41. The SMILES string of the molecule is COC1(C(O)C(F)(F)Br)CCCCC1. The van der Waals surface area contributed by atoms with Crippen molar-refractivity contribution in [3.63, 3.8) is 0 Å². The Morgan fingerprint density at radius 3 is 2.21 bits per heavy atom. The van der Waals surface area contributed by atoms with Crippen LogP contribution in [-0.4, -0.2) is 28.8 Å². The van der Waals surface area contributed by atoms with Gasteiger partial charge in [0.05, 0.1) is 0 Å². The third-order valence-corrected chi connectivity index (χ3v) is 3.35. The van der Waals surface area contributed by atoms with Crippen molar-refractivity contribution in [1.82, 2.24) is 0 Å². The summed E-state index contributed by atoms with van der Waals surface area (Å²) in [7, 11) is 1.38. The largest absolute Gasteiger partial charge is 0.383 e. The molecule has 5 heteroatoms. The van der Waals surface area contributed by atoms with Gasteiger partial charge in [0.15, 0.2) is 6.10 Å². The summed E-state index contributed by atoms with van der Waals surface area (Å²) in [5.41, 5.74) is -1.08. The van der Waals surface area contributed by atoms with Crippen LogP contribution in [-0.2, 0) is 4.74 Å². The summed E-state index contributed by atoms with van der Waals surface area (Å²) in [5.74, 6) is 0. The molecule has 1 N–H and O–H groups in total. The summed E-state index contributed by atoms with van der Waals surface area (Å²) in [6, 6.07) is 0. The zero-order valence-corrected chi connectivity index (χ0v) is 9.69. The van der Waals surface area contributed by atoms with Crippen LogP contribution in [0.25, 0.3) is 0 Å². The molecular formula is C9H15BrF2O2. The molecule has 1 fully saturated rings. The third kappa shape index (κ3) is 2.44. The quantitative estimate of drug-likeness (QED) is 0.801. The van der Waals surface area contributed by atoms with Gasteiger partial charge in [0, 0.05) is 7.11 Å². The van der Waals surface area contributed by atoms with Crippen LogP contribution in [0.15, 0.2) is 0 Å². The Hall–Kier alpha value is 0.260. The van der Waals surface area contributed by atoms with Crippen LogP contribution in [0.5, 0.6) is 0 Å². The van der Waals surface area contributed by atoms with E-state index < -0.39 is 16.5 Å². The molecule has 1 saturated carbocycles. The molecule has 0 aromatic rings. The summed E-state index contributed by atoms with van der Waals surface area (Å²) in [6.07, 6.45) is 1.88. The van der Waals surface area contributed by atoms with Gasteiger partial charge in [-0.05, 0) is 28.8 Å². The summed E-state index contributed by atoms with van der Waals surface area (Å²) in [6.45, 7) is 0. The second-order valence-corrected chi connectivity index (χ2v) is 4.83. The predicted molar refractivity (Wildman–Crippen MR) is 52.7 cm³/mol. The lowest BCUT2D eigenvalue weighted by molar-refractivity contribution is -0.177. The van der Waals surface area contributed by atoms with E-state index in [0.717, 1.165) is 19.3 Å². The molecule has 1 aliphatic rings. The van der Waals surface area contributed by atoms with Gasteiger partial charge in [-0.25, -0.2) is 0 Å². The number of ether oxygens (including phenoxy) is 1. The van der Waals surface area contributed by atoms with Gasteiger partial charge in [-0.2, -0.15) is 8.78 Å². The van der Waals surface area contributed by atoms with Gasteiger partial charge in [0.25, 0.3) is 0 Å². The minimum absolute atomic E-state index is 0.492. The Bertz CT molecular complexity index is 188. The van der Waals surface area contributed by atoms with Crippen molar-refractivity contribution in [1.29, 1.82) is 0 Å². The van der Waals surface area contributed by atoms with Gasteiger partial charge >= 0.3 is 4.83 Å². The fourth-order valence-corrected chi connectivity index (χ4v) is 2.45. The number of methoxy groups -OCH3 is 1. The molecule has 1 rings (SSSR count). The predicted octanol–water partition coefficient (Wildman–Crippen LogP) is 2.68. The summed E-state index contributed by atoms with van der Waals surface area (Å²) < 4.78 is 30.9. The third-order valence-electron chi connectivity index (χ3n) is 2.91. The van der Waals surface area contributed by atoms with Crippen molar-refractivity contribution in [2.75, 3.05) is 7.11 Å². The highest BCUT2D eigenvalue weighted by Gasteiger charge is 2.51. The highest BCUT2D eigenvalue weighted by molar-refractivity contribution is 9.10. The van der Waals surface area contributed by atoms with Gasteiger partial charge in [0.2, 0.25) is 0 Å². The number of aliphatic hydroxyl groups is 1. The second kappa shape index (κ2) is 4.41.